The van der Waals surface area contributed by atoms with Crippen molar-refractivity contribution in [2.75, 3.05) is 24.6 Å². The quantitative estimate of drug-likeness (QED) is 0.423. The fourth-order valence-corrected chi connectivity index (χ4v) is 4.79. The van der Waals surface area contributed by atoms with Crippen molar-refractivity contribution in [2.24, 2.45) is 0 Å². The van der Waals surface area contributed by atoms with Crippen molar-refractivity contribution in [2.45, 2.75) is 69.9 Å². The van der Waals surface area contributed by atoms with Gasteiger partial charge in [-0.2, -0.15) is 8.42 Å². The average Bonchev–Trinajstić information content (AvgIpc) is 2.77. The first-order valence-corrected chi connectivity index (χ1v) is 13.2. The lowest BCUT2D eigenvalue weighted by molar-refractivity contribution is 0.0497. The first kappa shape index (κ1) is 26.0. The lowest BCUT2D eigenvalue weighted by Crippen LogP contribution is -2.46. The predicted molar refractivity (Wildman–Crippen MR) is 134 cm³/mol. The number of alkyl carbamates (subject to hydrolysis) is 1. The molecule has 3 rings (SSSR count). The highest BCUT2D eigenvalue weighted by Gasteiger charge is 2.23. The van der Waals surface area contributed by atoms with Gasteiger partial charge in [-0.1, -0.05) is 29.8 Å². The zero-order valence-corrected chi connectivity index (χ0v) is 21.4. The second-order valence-corrected chi connectivity index (χ2v) is 11.4. The third-order valence-corrected chi connectivity index (χ3v) is 7.00. The van der Waals surface area contributed by atoms with Crippen LogP contribution in [0.15, 0.2) is 53.4 Å². The highest BCUT2D eigenvalue weighted by Crippen LogP contribution is 2.22. The number of benzene rings is 2. The Labute approximate surface area is 203 Å². The summed E-state index contributed by atoms with van der Waals surface area (Å²) in [5, 5.41) is 2.97. The fraction of sp³-hybridized carbons (Fsp3) is 0.500. The van der Waals surface area contributed by atoms with Gasteiger partial charge in [0.25, 0.3) is 10.1 Å². The van der Waals surface area contributed by atoms with Gasteiger partial charge in [-0.05, 0) is 83.2 Å². The van der Waals surface area contributed by atoms with Crippen LogP contribution in [0.4, 0.5) is 10.5 Å². The minimum absolute atomic E-state index is 0.126. The number of ether oxygens (including phenoxy) is 1. The summed E-state index contributed by atoms with van der Waals surface area (Å²) >= 11 is 0. The number of aryl methyl sites for hydroxylation is 2. The lowest BCUT2D eigenvalue weighted by Gasteiger charge is -2.34. The van der Waals surface area contributed by atoms with Gasteiger partial charge in [-0.25, -0.2) is 4.79 Å². The molecule has 8 heteroatoms. The molecule has 0 atom stereocenters. The van der Waals surface area contributed by atoms with Gasteiger partial charge in [0, 0.05) is 24.8 Å². The Hall–Kier alpha value is -2.58. The fourth-order valence-electron chi connectivity index (χ4n) is 3.85. The molecular formula is C26H36N2O5S. The van der Waals surface area contributed by atoms with Crippen molar-refractivity contribution in [3.05, 3.63) is 59.7 Å². The summed E-state index contributed by atoms with van der Waals surface area (Å²) in [5.74, 6) is 0. The maximum atomic E-state index is 12.3. The zero-order valence-electron chi connectivity index (χ0n) is 20.5. The number of carbonyl (C=O) groups is 1. The molecule has 2 aromatic rings. The van der Waals surface area contributed by atoms with Gasteiger partial charge >= 0.3 is 6.09 Å². The average molecular weight is 489 g/mol. The standard InChI is InChI=1S/C26H36N2O5S/c1-20-7-13-24(14-8-20)34(30,31)32-19-5-6-21-9-11-23(12-10-21)28-17-15-22(16-18-28)27-25(29)33-26(2,3)4/h7-14,22H,5-6,15-19H2,1-4H3,(H,27,29). The molecule has 7 nitrogen and oxygen atoms in total. The number of hydrogen-bond acceptors (Lipinski definition) is 6. The minimum atomic E-state index is -3.71. The van der Waals surface area contributed by atoms with E-state index in [1.807, 2.05) is 27.7 Å². The molecule has 0 radical (unpaired) electrons. The van der Waals surface area contributed by atoms with E-state index in [0.29, 0.717) is 6.42 Å². The number of amides is 1. The topological polar surface area (TPSA) is 84.9 Å². The molecule has 0 bridgehead atoms. The van der Waals surface area contributed by atoms with Gasteiger partial charge in [0.1, 0.15) is 5.60 Å². The summed E-state index contributed by atoms with van der Waals surface area (Å²) in [6, 6.07) is 15.1. The summed E-state index contributed by atoms with van der Waals surface area (Å²) < 4.78 is 35.0. The summed E-state index contributed by atoms with van der Waals surface area (Å²) in [6.07, 6.45) is 2.74. The number of carbonyl (C=O) groups excluding carboxylic acids is 1. The van der Waals surface area contributed by atoms with Crippen molar-refractivity contribution >= 4 is 21.9 Å². The van der Waals surface area contributed by atoms with E-state index >= 15 is 0 Å². The summed E-state index contributed by atoms with van der Waals surface area (Å²) in [4.78, 5) is 14.5. The molecule has 0 spiro atoms. The molecule has 2 aromatic carbocycles. The van der Waals surface area contributed by atoms with Crippen LogP contribution in [0.3, 0.4) is 0 Å². The molecule has 1 heterocycles. The van der Waals surface area contributed by atoms with Crippen LogP contribution in [0.25, 0.3) is 0 Å². The monoisotopic (exact) mass is 488 g/mol. The summed E-state index contributed by atoms with van der Waals surface area (Å²) in [5.41, 5.74) is 2.80. The van der Waals surface area contributed by atoms with Crippen LogP contribution in [0, 0.1) is 6.92 Å². The normalized spacial score (nSPS) is 15.2. The van der Waals surface area contributed by atoms with Crippen molar-refractivity contribution in [3.63, 3.8) is 0 Å². The second kappa shape index (κ2) is 11.2. The third kappa shape index (κ3) is 8.02. The maximum Gasteiger partial charge on any atom is 0.407 e. The SMILES string of the molecule is Cc1ccc(S(=O)(=O)OCCCc2ccc(N3CCC(NC(=O)OC(C)(C)C)CC3)cc2)cc1. The van der Waals surface area contributed by atoms with Gasteiger partial charge in [0.15, 0.2) is 0 Å². The summed E-state index contributed by atoms with van der Waals surface area (Å²) in [6.45, 7) is 9.37. The maximum absolute atomic E-state index is 12.3. The molecule has 1 N–H and O–H groups in total. The van der Waals surface area contributed by atoms with Crippen molar-refractivity contribution in [3.8, 4) is 0 Å². The molecule has 0 unspecified atom stereocenters. The highest BCUT2D eigenvalue weighted by molar-refractivity contribution is 7.86. The molecule has 0 aliphatic carbocycles. The third-order valence-electron chi connectivity index (χ3n) is 5.68. The van der Waals surface area contributed by atoms with Crippen LogP contribution in [0.5, 0.6) is 0 Å². The largest absolute Gasteiger partial charge is 0.444 e. The molecular weight excluding hydrogens is 452 g/mol. The Morgan fingerprint density at radius 3 is 2.24 bits per heavy atom. The number of nitrogens with one attached hydrogen (secondary N) is 1. The van der Waals surface area contributed by atoms with Crippen molar-refractivity contribution in [1.82, 2.24) is 5.32 Å². The van der Waals surface area contributed by atoms with E-state index in [1.165, 1.54) is 0 Å². The van der Waals surface area contributed by atoms with E-state index in [4.69, 9.17) is 8.92 Å². The summed E-state index contributed by atoms with van der Waals surface area (Å²) in [7, 11) is -3.71. The molecule has 1 saturated heterocycles. The van der Waals surface area contributed by atoms with Crippen LogP contribution in [0.2, 0.25) is 0 Å². The minimum Gasteiger partial charge on any atom is -0.444 e. The molecule has 34 heavy (non-hydrogen) atoms. The van der Waals surface area contributed by atoms with Gasteiger partial charge in [0.2, 0.25) is 0 Å². The molecule has 1 fully saturated rings. The van der Waals surface area contributed by atoms with E-state index in [-0.39, 0.29) is 23.6 Å². The number of hydrogen-bond donors (Lipinski definition) is 1. The van der Waals surface area contributed by atoms with Crippen LogP contribution in [-0.2, 0) is 25.5 Å². The van der Waals surface area contributed by atoms with Crippen molar-refractivity contribution < 1.29 is 22.1 Å². The van der Waals surface area contributed by atoms with Crippen molar-refractivity contribution in [1.29, 1.82) is 0 Å². The number of nitrogens with zero attached hydrogens (tertiary/aromatic N) is 1. The Bertz CT molecular complexity index is 1040. The highest BCUT2D eigenvalue weighted by atomic mass is 32.2. The van der Waals surface area contributed by atoms with Crippen LogP contribution in [-0.4, -0.2) is 45.9 Å². The van der Waals surface area contributed by atoms with Gasteiger partial charge in [-0.15, -0.1) is 0 Å². The molecule has 1 aliphatic rings. The molecule has 0 saturated carbocycles. The molecule has 0 aromatic heterocycles. The van der Waals surface area contributed by atoms with E-state index in [2.05, 4.69) is 34.5 Å². The van der Waals surface area contributed by atoms with Crippen LogP contribution < -0.4 is 10.2 Å². The van der Waals surface area contributed by atoms with Gasteiger partial charge in [-0.3, -0.25) is 4.18 Å². The van der Waals surface area contributed by atoms with E-state index in [0.717, 1.165) is 49.2 Å². The lowest BCUT2D eigenvalue weighted by atomic mass is 10.0. The first-order valence-electron chi connectivity index (χ1n) is 11.8. The molecule has 1 amide bonds. The Balaban J connectivity index is 1.40. The number of piperidine rings is 1. The van der Waals surface area contributed by atoms with Gasteiger partial charge in [0.05, 0.1) is 11.5 Å². The second-order valence-electron chi connectivity index (χ2n) is 9.77. The van der Waals surface area contributed by atoms with Crippen LogP contribution in [0.1, 0.15) is 51.2 Å². The zero-order chi connectivity index (χ0) is 24.8. The van der Waals surface area contributed by atoms with Crippen LogP contribution >= 0.6 is 0 Å². The van der Waals surface area contributed by atoms with E-state index < -0.39 is 15.7 Å². The van der Waals surface area contributed by atoms with E-state index in [1.54, 1.807) is 24.3 Å². The first-order chi connectivity index (χ1) is 16.0. The number of rotatable bonds is 8. The molecule has 186 valence electrons. The predicted octanol–water partition coefficient (Wildman–Crippen LogP) is 4.83. The molecule has 1 aliphatic heterocycles. The van der Waals surface area contributed by atoms with E-state index in [9.17, 15) is 13.2 Å². The smallest absolute Gasteiger partial charge is 0.407 e. The Morgan fingerprint density at radius 2 is 1.65 bits per heavy atom. The Kier molecular flexibility index (Phi) is 8.60. The van der Waals surface area contributed by atoms with Gasteiger partial charge < -0.3 is 15.0 Å². The number of anilines is 1. The Morgan fingerprint density at radius 1 is 1.03 bits per heavy atom.